The van der Waals surface area contributed by atoms with Crippen LogP contribution in [0.1, 0.15) is 46.6 Å². The number of hydrogen-bond donors (Lipinski definition) is 1. The minimum absolute atomic E-state index is 0.0990. The molecule has 0 spiro atoms. The number of benzene rings is 1. The molecule has 0 radical (unpaired) electrons. The van der Waals surface area contributed by atoms with Crippen molar-refractivity contribution < 1.29 is 19.1 Å². The Labute approximate surface area is 144 Å². The fraction of sp³-hybridized carbons (Fsp3) is 0.579. The summed E-state index contributed by atoms with van der Waals surface area (Å²) in [5.41, 5.74) is 0.564. The molecule has 0 atom stereocenters. The molecule has 134 valence electrons. The zero-order chi connectivity index (χ0) is 18.4. The summed E-state index contributed by atoms with van der Waals surface area (Å²) >= 11 is 0. The zero-order valence-corrected chi connectivity index (χ0v) is 15.6. The summed E-state index contributed by atoms with van der Waals surface area (Å²) < 4.78 is 10.1. The van der Waals surface area contributed by atoms with E-state index >= 15 is 0 Å². The highest BCUT2D eigenvalue weighted by Gasteiger charge is 2.27. The smallest absolute Gasteiger partial charge is 0.310 e. The van der Waals surface area contributed by atoms with Gasteiger partial charge in [0.15, 0.2) is 6.61 Å². The van der Waals surface area contributed by atoms with Crippen molar-refractivity contribution in [1.29, 1.82) is 0 Å². The van der Waals surface area contributed by atoms with Gasteiger partial charge in [0.2, 0.25) is 0 Å². The van der Waals surface area contributed by atoms with Gasteiger partial charge in [0, 0.05) is 5.54 Å². The lowest BCUT2D eigenvalue weighted by molar-refractivity contribution is -0.148. The van der Waals surface area contributed by atoms with Gasteiger partial charge in [-0.2, -0.15) is 0 Å². The highest BCUT2D eigenvalue weighted by molar-refractivity contribution is 5.81. The normalized spacial score (nSPS) is 11.8. The molecule has 0 saturated carbocycles. The van der Waals surface area contributed by atoms with Crippen molar-refractivity contribution in [2.75, 3.05) is 13.7 Å². The molecule has 0 fully saturated rings. The van der Waals surface area contributed by atoms with Gasteiger partial charge in [-0.3, -0.25) is 9.59 Å². The first-order valence-corrected chi connectivity index (χ1v) is 8.10. The first-order valence-electron chi connectivity index (χ1n) is 8.10. The van der Waals surface area contributed by atoms with Crippen LogP contribution in [0, 0.1) is 5.41 Å². The molecule has 1 aromatic carbocycles. The molecule has 0 aliphatic carbocycles. The van der Waals surface area contributed by atoms with E-state index < -0.39 is 5.97 Å². The quantitative estimate of drug-likeness (QED) is 0.778. The largest absolute Gasteiger partial charge is 0.497 e. The van der Waals surface area contributed by atoms with Crippen LogP contribution in [0.2, 0.25) is 0 Å². The summed E-state index contributed by atoms with van der Waals surface area (Å²) in [5, 5.41) is 2.91. The van der Waals surface area contributed by atoms with Gasteiger partial charge in [-0.05, 0) is 43.4 Å². The topological polar surface area (TPSA) is 64.6 Å². The summed E-state index contributed by atoms with van der Waals surface area (Å²) in [6.07, 6.45) is 0.953. The fourth-order valence-corrected chi connectivity index (χ4v) is 2.89. The molecular weight excluding hydrogens is 306 g/mol. The van der Waals surface area contributed by atoms with Crippen LogP contribution in [0.3, 0.4) is 0 Å². The Hall–Kier alpha value is -2.04. The van der Waals surface area contributed by atoms with Crippen LogP contribution in [0.5, 0.6) is 5.75 Å². The minimum atomic E-state index is -0.427. The van der Waals surface area contributed by atoms with Crippen LogP contribution < -0.4 is 10.1 Å². The van der Waals surface area contributed by atoms with E-state index in [1.54, 1.807) is 31.4 Å². The molecule has 0 unspecified atom stereocenters. The van der Waals surface area contributed by atoms with Gasteiger partial charge in [0.05, 0.1) is 13.5 Å². The van der Waals surface area contributed by atoms with E-state index in [2.05, 4.69) is 26.1 Å². The van der Waals surface area contributed by atoms with Crippen molar-refractivity contribution in [3.63, 3.8) is 0 Å². The average molecular weight is 335 g/mol. The van der Waals surface area contributed by atoms with Crippen molar-refractivity contribution in [2.24, 2.45) is 5.41 Å². The van der Waals surface area contributed by atoms with E-state index in [9.17, 15) is 9.59 Å². The van der Waals surface area contributed by atoms with Crippen LogP contribution in [0.4, 0.5) is 0 Å². The number of ether oxygens (including phenoxy) is 2. The first kappa shape index (κ1) is 20.0. The molecule has 1 amide bonds. The zero-order valence-electron chi connectivity index (χ0n) is 15.6. The van der Waals surface area contributed by atoms with Crippen molar-refractivity contribution >= 4 is 11.9 Å². The molecule has 0 saturated heterocycles. The van der Waals surface area contributed by atoms with Gasteiger partial charge >= 0.3 is 5.97 Å². The predicted molar refractivity (Wildman–Crippen MR) is 94.0 cm³/mol. The maximum Gasteiger partial charge on any atom is 0.310 e. The minimum Gasteiger partial charge on any atom is -0.497 e. The van der Waals surface area contributed by atoms with Crippen molar-refractivity contribution in [3.05, 3.63) is 29.8 Å². The SMILES string of the molecule is COc1ccc(CC(=O)OCC(=O)NC(C)(C)CC(C)(C)C)cc1. The highest BCUT2D eigenvalue weighted by Crippen LogP contribution is 2.26. The Balaban J connectivity index is 2.41. The molecule has 0 aromatic heterocycles. The van der Waals surface area contributed by atoms with Crippen LogP contribution in [-0.4, -0.2) is 31.1 Å². The van der Waals surface area contributed by atoms with E-state index in [4.69, 9.17) is 9.47 Å². The molecule has 1 rings (SSSR count). The molecule has 24 heavy (non-hydrogen) atoms. The first-order chi connectivity index (χ1) is 11.0. The summed E-state index contributed by atoms with van der Waals surface area (Å²) in [5.74, 6) is 0.0175. The highest BCUT2D eigenvalue weighted by atomic mass is 16.5. The standard InChI is InChI=1S/C19H29NO4/c1-18(2,3)13-19(4,5)20-16(21)12-24-17(22)11-14-7-9-15(23-6)10-8-14/h7-10H,11-13H2,1-6H3,(H,20,21). The van der Waals surface area contributed by atoms with Crippen molar-refractivity contribution in [3.8, 4) is 5.75 Å². The van der Waals surface area contributed by atoms with E-state index in [0.717, 1.165) is 17.7 Å². The average Bonchev–Trinajstić information content (AvgIpc) is 2.43. The van der Waals surface area contributed by atoms with Crippen LogP contribution in [0.25, 0.3) is 0 Å². The third-order valence-corrected chi connectivity index (χ3v) is 3.32. The maximum atomic E-state index is 12.0. The second-order valence-corrected chi connectivity index (χ2v) is 7.86. The predicted octanol–water partition coefficient (Wildman–Crippen LogP) is 3.11. The Morgan fingerprint density at radius 2 is 1.62 bits per heavy atom. The lowest BCUT2D eigenvalue weighted by atomic mass is 9.82. The molecule has 1 N–H and O–H groups in total. The molecular formula is C19H29NO4. The summed E-state index contributed by atoms with van der Waals surface area (Å²) in [6.45, 7) is 10.0. The molecule has 5 heteroatoms. The van der Waals surface area contributed by atoms with Gasteiger partial charge in [-0.1, -0.05) is 32.9 Å². The number of carbonyl (C=O) groups excluding carboxylic acids is 2. The third kappa shape index (κ3) is 7.99. The molecule has 0 aliphatic heterocycles. The molecule has 0 aliphatic rings. The summed E-state index contributed by atoms with van der Waals surface area (Å²) in [7, 11) is 1.59. The van der Waals surface area contributed by atoms with Gasteiger partial charge in [0.25, 0.3) is 5.91 Å². The monoisotopic (exact) mass is 335 g/mol. The Bertz CT molecular complexity index is 556. The lowest BCUT2D eigenvalue weighted by Gasteiger charge is -2.33. The van der Waals surface area contributed by atoms with Gasteiger partial charge in [0.1, 0.15) is 5.75 Å². The third-order valence-electron chi connectivity index (χ3n) is 3.32. The fourth-order valence-electron chi connectivity index (χ4n) is 2.89. The second kappa shape index (κ2) is 8.18. The van der Waals surface area contributed by atoms with Crippen molar-refractivity contribution in [2.45, 2.75) is 53.0 Å². The lowest BCUT2D eigenvalue weighted by Crippen LogP contribution is -2.47. The number of rotatable bonds is 7. The van der Waals surface area contributed by atoms with Gasteiger partial charge in [-0.15, -0.1) is 0 Å². The Kier molecular flexibility index (Phi) is 6.81. The van der Waals surface area contributed by atoms with E-state index in [1.807, 2.05) is 13.8 Å². The number of nitrogens with one attached hydrogen (secondary N) is 1. The van der Waals surface area contributed by atoms with E-state index in [0.29, 0.717) is 0 Å². The van der Waals surface area contributed by atoms with Crippen LogP contribution >= 0.6 is 0 Å². The number of amides is 1. The molecule has 0 heterocycles. The molecule has 0 bridgehead atoms. The van der Waals surface area contributed by atoms with Crippen molar-refractivity contribution in [1.82, 2.24) is 5.32 Å². The molecule has 1 aromatic rings. The van der Waals surface area contributed by atoms with E-state index in [-0.39, 0.29) is 29.9 Å². The maximum absolute atomic E-state index is 12.0. The van der Waals surface area contributed by atoms with Crippen LogP contribution in [0.15, 0.2) is 24.3 Å². The second-order valence-electron chi connectivity index (χ2n) is 7.86. The number of hydrogen-bond acceptors (Lipinski definition) is 4. The van der Waals surface area contributed by atoms with Crippen LogP contribution in [-0.2, 0) is 20.7 Å². The summed E-state index contributed by atoms with van der Waals surface area (Å²) in [6, 6.07) is 7.16. The molecule has 5 nitrogen and oxygen atoms in total. The van der Waals surface area contributed by atoms with E-state index in [1.165, 1.54) is 0 Å². The van der Waals surface area contributed by atoms with Gasteiger partial charge in [-0.25, -0.2) is 0 Å². The van der Waals surface area contributed by atoms with Gasteiger partial charge < -0.3 is 14.8 Å². The summed E-state index contributed by atoms with van der Waals surface area (Å²) in [4.78, 5) is 23.8. The number of carbonyl (C=O) groups is 2. The Morgan fingerprint density at radius 3 is 2.12 bits per heavy atom. The number of esters is 1. The Morgan fingerprint density at radius 1 is 1.04 bits per heavy atom. The number of methoxy groups -OCH3 is 1.